The van der Waals surface area contributed by atoms with Gasteiger partial charge in [0.05, 0.1) is 5.69 Å². The second kappa shape index (κ2) is 5.14. The molecule has 0 bridgehead atoms. The molecule has 18 heavy (non-hydrogen) atoms. The van der Waals surface area contributed by atoms with Gasteiger partial charge < -0.3 is 10.6 Å². The zero-order chi connectivity index (χ0) is 13.1. The number of rotatable bonds is 3. The molecule has 0 unspecified atom stereocenters. The van der Waals surface area contributed by atoms with Gasteiger partial charge in [-0.2, -0.15) is 0 Å². The Morgan fingerprint density at radius 2 is 1.83 bits per heavy atom. The highest BCUT2D eigenvalue weighted by molar-refractivity contribution is 7.80. The van der Waals surface area contributed by atoms with Crippen molar-refractivity contribution in [2.45, 2.75) is 6.92 Å². The van der Waals surface area contributed by atoms with E-state index in [-0.39, 0.29) is 0 Å². The maximum atomic E-state index is 5.59. The Hall–Kier alpha value is -1.94. The molecule has 0 aliphatic rings. The highest BCUT2D eigenvalue weighted by Crippen LogP contribution is 2.23. The smallest absolute Gasteiger partial charge is 0.122 e. The lowest BCUT2D eigenvalue weighted by Gasteiger charge is -2.20. The molecular weight excluding hydrogens is 242 g/mol. The highest BCUT2D eigenvalue weighted by Gasteiger charge is 2.06. The van der Waals surface area contributed by atoms with E-state index in [1.54, 1.807) is 6.20 Å². The Labute approximate surface area is 112 Å². The molecule has 0 saturated heterocycles. The number of hydrogen-bond donors (Lipinski definition) is 1. The van der Waals surface area contributed by atoms with Crippen LogP contribution in [0.4, 0.5) is 11.4 Å². The van der Waals surface area contributed by atoms with Gasteiger partial charge in [-0.25, -0.2) is 0 Å². The van der Waals surface area contributed by atoms with Crippen molar-refractivity contribution in [1.82, 2.24) is 4.98 Å². The van der Waals surface area contributed by atoms with Crippen LogP contribution in [-0.2, 0) is 0 Å². The van der Waals surface area contributed by atoms with Crippen molar-refractivity contribution in [3.63, 3.8) is 0 Å². The van der Waals surface area contributed by atoms with E-state index >= 15 is 0 Å². The Morgan fingerprint density at radius 3 is 2.44 bits per heavy atom. The lowest BCUT2D eigenvalue weighted by Crippen LogP contribution is -2.14. The summed E-state index contributed by atoms with van der Waals surface area (Å²) in [5.41, 5.74) is 9.60. The van der Waals surface area contributed by atoms with E-state index in [0.29, 0.717) is 10.7 Å². The van der Waals surface area contributed by atoms with Crippen LogP contribution in [0.2, 0.25) is 0 Å². The summed E-state index contributed by atoms with van der Waals surface area (Å²) in [5, 5.41) is 0. The standard InChI is InChI=1S/C14H15N3S/c1-10-3-5-11(6-4-10)17(2)12-7-8-16-13(9-12)14(15)18/h3-9H,1-2H3,(H2,15,18). The fourth-order valence-electron chi connectivity index (χ4n) is 1.68. The van der Waals surface area contributed by atoms with Crippen molar-refractivity contribution in [2.24, 2.45) is 5.73 Å². The van der Waals surface area contributed by atoms with Crippen molar-refractivity contribution in [2.75, 3.05) is 11.9 Å². The summed E-state index contributed by atoms with van der Waals surface area (Å²) in [6.45, 7) is 2.07. The Bertz CT molecular complexity index is 564. The van der Waals surface area contributed by atoms with Crippen LogP contribution in [0.15, 0.2) is 42.6 Å². The average Bonchev–Trinajstić information content (AvgIpc) is 2.39. The quantitative estimate of drug-likeness (QED) is 0.859. The summed E-state index contributed by atoms with van der Waals surface area (Å²) in [6, 6.07) is 12.2. The van der Waals surface area contributed by atoms with Crippen molar-refractivity contribution in [1.29, 1.82) is 0 Å². The highest BCUT2D eigenvalue weighted by atomic mass is 32.1. The molecule has 0 aliphatic carbocycles. The van der Waals surface area contributed by atoms with Crippen LogP contribution in [0, 0.1) is 6.92 Å². The Kier molecular flexibility index (Phi) is 3.58. The maximum absolute atomic E-state index is 5.59. The minimum Gasteiger partial charge on any atom is -0.388 e. The molecule has 1 heterocycles. The molecule has 0 fully saturated rings. The molecule has 2 N–H and O–H groups in total. The molecule has 2 rings (SSSR count). The molecule has 0 amide bonds. The second-order valence-corrected chi connectivity index (χ2v) is 4.60. The van der Waals surface area contributed by atoms with Gasteiger partial charge in [0.25, 0.3) is 0 Å². The van der Waals surface area contributed by atoms with Crippen molar-refractivity contribution in [3.8, 4) is 0 Å². The van der Waals surface area contributed by atoms with Gasteiger partial charge in [0, 0.05) is 24.6 Å². The number of nitrogens with two attached hydrogens (primary N) is 1. The number of anilines is 2. The summed E-state index contributed by atoms with van der Waals surface area (Å²) in [5.74, 6) is 0. The largest absolute Gasteiger partial charge is 0.388 e. The van der Waals surface area contributed by atoms with E-state index in [1.807, 2.05) is 19.2 Å². The molecule has 0 radical (unpaired) electrons. The molecule has 0 saturated carbocycles. The summed E-state index contributed by atoms with van der Waals surface area (Å²) < 4.78 is 0. The van der Waals surface area contributed by atoms with Crippen molar-refractivity contribution >= 4 is 28.6 Å². The molecular formula is C14H15N3S. The fraction of sp³-hybridized carbons (Fsp3) is 0.143. The first-order chi connectivity index (χ1) is 8.58. The molecule has 0 spiro atoms. The first kappa shape index (κ1) is 12.5. The minimum atomic E-state index is 0.314. The predicted octanol–water partition coefficient (Wildman–Crippen LogP) is 2.79. The van der Waals surface area contributed by atoms with E-state index in [4.69, 9.17) is 18.0 Å². The fourth-order valence-corrected chi connectivity index (χ4v) is 1.79. The molecule has 1 aromatic carbocycles. The normalized spacial score (nSPS) is 10.1. The average molecular weight is 257 g/mol. The lowest BCUT2D eigenvalue weighted by molar-refractivity contribution is 1.18. The van der Waals surface area contributed by atoms with Crippen molar-refractivity contribution in [3.05, 3.63) is 53.9 Å². The van der Waals surface area contributed by atoms with Gasteiger partial charge in [-0.1, -0.05) is 29.9 Å². The zero-order valence-electron chi connectivity index (χ0n) is 10.4. The summed E-state index contributed by atoms with van der Waals surface area (Å²) in [4.78, 5) is 6.52. The third kappa shape index (κ3) is 2.65. The molecule has 2 aromatic rings. The third-order valence-electron chi connectivity index (χ3n) is 2.80. The topological polar surface area (TPSA) is 42.2 Å². The first-order valence-corrected chi connectivity index (χ1v) is 6.05. The molecule has 0 atom stereocenters. The van der Waals surface area contributed by atoms with Gasteiger partial charge >= 0.3 is 0 Å². The molecule has 3 nitrogen and oxygen atoms in total. The summed E-state index contributed by atoms with van der Waals surface area (Å²) in [7, 11) is 2.00. The minimum absolute atomic E-state index is 0.314. The van der Waals surface area contributed by atoms with Crippen LogP contribution in [0.3, 0.4) is 0 Å². The summed E-state index contributed by atoms with van der Waals surface area (Å²) in [6.07, 6.45) is 1.72. The van der Waals surface area contributed by atoms with Gasteiger partial charge in [-0.15, -0.1) is 0 Å². The van der Waals surface area contributed by atoms with E-state index < -0.39 is 0 Å². The SMILES string of the molecule is Cc1ccc(N(C)c2ccnc(C(N)=S)c2)cc1. The van der Waals surface area contributed by atoms with E-state index in [2.05, 4.69) is 41.1 Å². The number of pyridine rings is 1. The summed E-state index contributed by atoms with van der Waals surface area (Å²) >= 11 is 4.94. The van der Waals surface area contributed by atoms with Crippen LogP contribution >= 0.6 is 12.2 Å². The lowest BCUT2D eigenvalue weighted by atomic mass is 10.2. The van der Waals surface area contributed by atoms with E-state index in [0.717, 1.165) is 11.4 Å². The second-order valence-electron chi connectivity index (χ2n) is 4.16. The number of aromatic nitrogens is 1. The third-order valence-corrected chi connectivity index (χ3v) is 3.01. The van der Waals surface area contributed by atoms with E-state index in [9.17, 15) is 0 Å². The molecule has 92 valence electrons. The Balaban J connectivity index is 2.33. The van der Waals surface area contributed by atoms with E-state index in [1.165, 1.54) is 5.56 Å². The zero-order valence-corrected chi connectivity index (χ0v) is 11.2. The van der Waals surface area contributed by atoms with Gasteiger partial charge in [0.1, 0.15) is 4.99 Å². The molecule has 4 heteroatoms. The Morgan fingerprint density at radius 1 is 1.17 bits per heavy atom. The van der Waals surface area contributed by atoms with Crippen LogP contribution in [-0.4, -0.2) is 17.0 Å². The monoisotopic (exact) mass is 257 g/mol. The number of thiocarbonyl (C=S) groups is 1. The number of hydrogen-bond acceptors (Lipinski definition) is 3. The van der Waals surface area contributed by atoms with Crippen LogP contribution in [0.1, 0.15) is 11.3 Å². The van der Waals surface area contributed by atoms with Gasteiger partial charge in [-0.05, 0) is 31.2 Å². The first-order valence-electron chi connectivity index (χ1n) is 5.64. The van der Waals surface area contributed by atoms with Crippen LogP contribution < -0.4 is 10.6 Å². The van der Waals surface area contributed by atoms with Crippen LogP contribution in [0.5, 0.6) is 0 Å². The number of benzene rings is 1. The van der Waals surface area contributed by atoms with Gasteiger partial charge in [0.15, 0.2) is 0 Å². The number of aryl methyl sites for hydroxylation is 1. The number of nitrogens with zero attached hydrogens (tertiary/aromatic N) is 2. The van der Waals surface area contributed by atoms with Crippen LogP contribution in [0.25, 0.3) is 0 Å². The van der Waals surface area contributed by atoms with Gasteiger partial charge in [0.2, 0.25) is 0 Å². The molecule has 1 aromatic heterocycles. The van der Waals surface area contributed by atoms with Gasteiger partial charge in [-0.3, -0.25) is 4.98 Å². The maximum Gasteiger partial charge on any atom is 0.122 e. The predicted molar refractivity (Wildman–Crippen MR) is 79.4 cm³/mol. The molecule has 0 aliphatic heterocycles. The van der Waals surface area contributed by atoms with Crippen molar-refractivity contribution < 1.29 is 0 Å².